The van der Waals surface area contributed by atoms with Crippen molar-refractivity contribution in [1.29, 1.82) is 0 Å². The van der Waals surface area contributed by atoms with E-state index in [1.165, 1.54) is 18.4 Å². The zero-order valence-electron chi connectivity index (χ0n) is 16.2. The molecule has 1 saturated heterocycles. The lowest BCUT2D eigenvalue weighted by Crippen LogP contribution is -2.51. The highest BCUT2D eigenvalue weighted by atomic mass is 79.9. The highest BCUT2D eigenvalue weighted by Crippen LogP contribution is 2.49. The van der Waals surface area contributed by atoms with Gasteiger partial charge in [-0.05, 0) is 57.2 Å². The Morgan fingerprint density at radius 2 is 2.04 bits per heavy atom. The van der Waals surface area contributed by atoms with Gasteiger partial charge in [0.1, 0.15) is 6.61 Å². The molecule has 1 saturated carbocycles. The van der Waals surface area contributed by atoms with Crippen molar-refractivity contribution in [3.63, 3.8) is 0 Å². The van der Waals surface area contributed by atoms with E-state index in [9.17, 15) is 4.79 Å². The maximum Gasteiger partial charge on any atom is 0.308 e. The van der Waals surface area contributed by atoms with Crippen molar-refractivity contribution in [2.45, 2.75) is 52.0 Å². The minimum Gasteiger partial charge on any atom is -0.497 e. The van der Waals surface area contributed by atoms with E-state index in [0.717, 1.165) is 16.9 Å². The predicted molar refractivity (Wildman–Crippen MR) is 107 cm³/mol. The summed E-state index contributed by atoms with van der Waals surface area (Å²) in [7, 11) is 0. The van der Waals surface area contributed by atoms with Gasteiger partial charge in [-0.15, -0.1) is 0 Å². The summed E-state index contributed by atoms with van der Waals surface area (Å²) < 4.78 is 12.9. The van der Waals surface area contributed by atoms with Gasteiger partial charge in [0.2, 0.25) is 0 Å². The first kappa shape index (κ1) is 20.4. The molecular weight excluding hydrogens is 410 g/mol. The van der Waals surface area contributed by atoms with Crippen LogP contribution >= 0.6 is 15.9 Å². The SMILES string of the molecule is Brc1ccc(COC2(N3CCC4CC43)C=COC2)cc1.CC(C)(C)C(=O)O. The van der Waals surface area contributed by atoms with E-state index in [2.05, 4.69) is 51.2 Å². The zero-order valence-corrected chi connectivity index (χ0v) is 17.7. The molecule has 0 radical (unpaired) electrons. The van der Waals surface area contributed by atoms with Crippen LogP contribution in [0.4, 0.5) is 0 Å². The summed E-state index contributed by atoms with van der Waals surface area (Å²) in [5.41, 5.74) is 0.266. The van der Waals surface area contributed by atoms with Crippen LogP contribution in [0.3, 0.4) is 0 Å². The number of halogens is 1. The van der Waals surface area contributed by atoms with E-state index in [1.54, 1.807) is 27.0 Å². The quantitative estimate of drug-likeness (QED) is 0.755. The third kappa shape index (κ3) is 4.92. The Balaban J connectivity index is 0.000000260. The van der Waals surface area contributed by atoms with Crippen molar-refractivity contribution in [2.24, 2.45) is 11.3 Å². The van der Waals surface area contributed by atoms with Crippen molar-refractivity contribution in [3.05, 3.63) is 46.6 Å². The average molecular weight is 438 g/mol. The molecule has 1 N–H and O–H groups in total. The molecule has 4 rings (SSSR count). The first-order valence-electron chi connectivity index (χ1n) is 9.39. The van der Waals surface area contributed by atoms with E-state index in [4.69, 9.17) is 14.6 Å². The summed E-state index contributed by atoms with van der Waals surface area (Å²) in [4.78, 5) is 12.5. The maximum atomic E-state index is 10.0. The molecule has 1 aromatic rings. The molecule has 3 unspecified atom stereocenters. The average Bonchev–Trinajstić information content (AvgIpc) is 3.03. The number of hydrogen-bond donors (Lipinski definition) is 1. The predicted octanol–water partition coefficient (Wildman–Crippen LogP) is 4.42. The van der Waals surface area contributed by atoms with Gasteiger partial charge in [-0.2, -0.15) is 0 Å². The third-order valence-electron chi connectivity index (χ3n) is 5.27. The van der Waals surface area contributed by atoms with Crippen molar-refractivity contribution < 1.29 is 19.4 Å². The number of fused-ring (bicyclic) bond motifs is 1. The highest BCUT2D eigenvalue weighted by molar-refractivity contribution is 9.10. The van der Waals surface area contributed by atoms with Gasteiger partial charge in [0.05, 0.1) is 18.3 Å². The molecule has 2 fully saturated rings. The van der Waals surface area contributed by atoms with Gasteiger partial charge in [-0.25, -0.2) is 0 Å². The lowest BCUT2D eigenvalue weighted by molar-refractivity contribution is -0.145. The normalized spacial score (nSPS) is 28.9. The lowest BCUT2D eigenvalue weighted by atomic mass is 9.98. The van der Waals surface area contributed by atoms with Crippen LogP contribution in [0.1, 0.15) is 39.2 Å². The van der Waals surface area contributed by atoms with Gasteiger partial charge >= 0.3 is 5.97 Å². The van der Waals surface area contributed by atoms with Gasteiger partial charge in [0.25, 0.3) is 0 Å². The fourth-order valence-corrected chi connectivity index (χ4v) is 3.64. The molecule has 6 heteroatoms. The molecule has 1 aliphatic carbocycles. The minimum atomic E-state index is -0.757. The molecule has 0 amide bonds. The smallest absolute Gasteiger partial charge is 0.308 e. The fraction of sp³-hybridized carbons (Fsp3) is 0.571. The van der Waals surface area contributed by atoms with Crippen molar-refractivity contribution in [3.8, 4) is 0 Å². The number of nitrogens with zero attached hydrogens (tertiary/aromatic N) is 1. The summed E-state index contributed by atoms with van der Waals surface area (Å²) in [6, 6.07) is 9.02. The van der Waals surface area contributed by atoms with Gasteiger partial charge in [0, 0.05) is 23.1 Å². The Kier molecular flexibility index (Phi) is 5.99. The van der Waals surface area contributed by atoms with Crippen LogP contribution in [0.2, 0.25) is 0 Å². The summed E-state index contributed by atoms with van der Waals surface area (Å²) in [6.07, 6.45) is 6.52. The molecule has 2 aliphatic heterocycles. The zero-order chi connectivity index (χ0) is 19.7. The topological polar surface area (TPSA) is 59.0 Å². The standard InChI is InChI=1S/C16H18BrNO2.C5H10O2/c17-14-3-1-12(2-4-14)10-20-16(6-8-19-11-16)18-7-5-13-9-15(13)18;1-5(2,3)4(6)7/h1-4,6,8,13,15H,5,7,9-11H2;1-3H3,(H,6,7). The number of likely N-dealkylation sites (tertiary alicyclic amines) is 1. The van der Waals surface area contributed by atoms with Crippen LogP contribution in [0.25, 0.3) is 0 Å². The maximum absolute atomic E-state index is 10.0. The second-order valence-corrected chi connectivity index (χ2v) is 9.39. The summed E-state index contributed by atoms with van der Waals surface area (Å²) in [6.45, 7) is 7.35. The van der Waals surface area contributed by atoms with E-state index >= 15 is 0 Å². The molecule has 3 atom stereocenters. The second kappa shape index (κ2) is 7.94. The van der Waals surface area contributed by atoms with E-state index < -0.39 is 11.4 Å². The van der Waals surface area contributed by atoms with E-state index in [0.29, 0.717) is 19.3 Å². The third-order valence-corrected chi connectivity index (χ3v) is 5.80. The number of piperidine rings is 1. The Morgan fingerprint density at radius 1 is 1.37 bits per heavy atom. The van der Waals surface area contributed by atoms with Crippen LogP contribution in [0.15, 0.2) is 41.1 Å². The van der Waals surface area contributed by atoms with Gasteiger partial charge in [-0.3, -0.25) is 9.69 Å². The fourth-order valence-electron chi connectivity index (χ4n) is 3.37. The molecule has 3 aliphatic rings. The first-order valence-corrected chi connectivity index (χ1v) is 10.2. The van der Waals surface area contributed by atoms with Gasteiger partial charge in [-0.1, -0.05) is 28.1 Å². The van der Waals surface area contributed by atoms with Crippen molar-refractivity contribution in [1.82, 2.24) is 4.90 Å². The van der Waals surface area contributed by atoms with Crippen LogP contribution in [-0.4, -0.2) is 40.9 Å². The number of carboxylic acid groups (broad SMARTS) is 1. The monoisotopic (exact) mass is 437 g/mol. The molecule has 27 heavy (non-hydrogen) atoms. The number of carboxylic acids is 1. The molecule has 0 spiro atoms. The Morgan fingerprint density at radius 3 is 2.48 bits per heavy atom. The molecular formula is C21H28BrNO4. The Hall–Kier alpha value is -1.37. The summed E-state index contributed by atoms with van der Waals surface area (Å²) >= 11 is 3.46. The van der Waals surface area contributed by atoms with Crippen molar-refractivity contribution in [2.75, 3.05) is 13.2 Å². The number of benzene rings is 1. The van der Waals surface area contributed by atoms with Crippen LogP contribution < -0.4 is 0 Å². The first-order chi connectivity index (χ1) is 12.7. The number of hydrogen-bond acceptors (Lipinski definition) is 4. The molecule has 1 aromatic carbocycles. The number of carbonyl (C=O) groups is 1. The lowest BCUT2D eigenvalue weighted by Gasteiger charge is -2.37. The molecule has 5 nitrogen and oxygen atoms in total. The number of rotatable bonds is 4. The van der Waals surface area contributed by atoms with Crippen LogP contribution in [0.5, 0.6) is 0 Å². The van der Waals surface area contributed by atoms with Crippen LogP contribution in [-0.2, 0) is 20.9 Å². The summed E-state index contributed by atoms with van der Waals surface area (Å²) in [5.74, 6) is 0.143. The number of aliphatic carboxylic acids is 1. The largest absolute Gasteiger partial charge is 0.497 e. The van der Waals surface area contributed by atoms with Crippen LogP contribution in [0, 0.1) is 11.3 Å². The summed E-state index contributed by atoms with van der Waals surface area (Å²) in [5, 5.41) is 8.25. The van der Waals surface area contributed by atoms with Gasteiger partial charge in [0.15, 0.2) is 5.72 Å². The Labute approximate surface area is 169 Å². The second-order valence-electron chi connectivity index (χ2n) is 8.47. The van der Waals surface area contributed by atoms with Crippen molar-refractivity contribution >= 4 is 21.9 Å². The van der Waals surface area contributed by atoms with Gasteiger partial charge < -0.3 is 14.6 Å². The number of ether oxygens (including phenoxy) is 2. The van der Waals surface area contributed by atoms with E-state index in [1.807, 2.05) is 0 Å². The highest BCUT2D eigenvalue weighted by Gasteiger charge is 2.55. The minimum absolute atomic E-state index is 0.344. The molecule has 2 heterocycles. The molecule has 0 aromatic heterocycles. The Bertz CT molecular complexity index is 697. The molecule has 0 bridgehead atoms. The van der Waals surface area contributed by atoms with E-state index in [-0.39, 0.29) is 5.72 Å². The molecule has 148 valence electrons.